The first-order valence-electron chi connectivity index (χ1n) is 12.2. The largest absolute Gasteiger partial charge is 0.423 e. The second-order valence-electron chi connectivity index (χ2n) is 10.3. The molecule has 2 aromatic rings. The van der Waals surface area contributed by atoms with Crippen LogP contribution in [0.15, 0.2) is 28.2 Å². The Morgan fingerprint density at radius 2 is 1.85 bits per heavy atom. The number of sulfone groups is 1. The van der Waals surface area contributed by atoms with Crippen molar-refractivity contribution < 1.29 is 44.3 Å². The SMILES string of the molecule is CC(C)(COCCC(=O)N1CCN2c3ncc(C(F)(F)F)cc3S(=O)(=O)CC2C1)Nc1cn[nH]c(=O)c1C(F)(F)F. The molecule has 0 spiro atoms. The van der Waals surface area contributed by atoms with Crippen LogP contribution < -0.4 is 15.8 Å². The average Bonchev–Trinajstić information content (AvgIpc) is 2.84. The summed E-state index contributed by atoms with van der Waals surface area (Å²) in [4.78, 5) is 30.8. The fourth-order valence-electron chi connectivity index (χ4n) is 4.70. The Bertz CT molecular complexity index is 1480. The smallest absolute Gasteiger partial charge is 0.379 e. The maximum Gasteiger partial charge on any atom is 0.423 e. The molecule has 0 radical (unpaired) electrons. The van der Waals surface area contributed by atoms with E-state index >= 15 is 0 Å². The highest BCUT2D eigenvalue weighted by molar-refractivity contribution is 7.91. The van der Waals surface area contributed by atoms with E-state index in [0.29, 0.717) is 12.3 Å². The lowest BCUT2D eigenvalue weighted by molar-refractivity contribution is -0.139. The highest BCUT2D eigenvalue weighted by atomic mass is 32.2. The molecule has 11 nitrogen and oxygen atoms in total. The summed E-state index contributed by atoms with van der Waals surface area (Å²) in [7, 11) is -4.09. The lowest BCUT2D eigenvalue weighted by atomic mass is 10.1. The van der Waals surface area contributed by atoms with Gasteiger partial charge in [0.1, 0.15) is 16.3 Å². The van der Waals surface area contributed by atoms with E-state index < -0.39 is 66.8 Å². The number of hydrogen-bond donors (Lipinski definition) is 2. The van der Waals surface area contributed by atoms with Crippen molar-refractivity contribution in [2.24, 2.45) is 0 Å². The molecule has 41 heavy (non-hydrogen) atoms. The fourth-order valence-corrected chi connectivity index (χ4v) is 6.43. The van der Waals surface area contributed by atoms with Gasteiger partial charge in [0.2, 0.25) is 5.91 Å². The zero-order chi connectivity index (χ0) is 30.4. The van der Waals surface area contributed by atoms with Crippen LogP contribution in [0.2, 0.25) is 0 Å². The number of ether oxygens (including phenoxy) is 1. The monoisotopic (exact) mass is 612 g/mol. The number of fused-ring (bicyclic) bond motifs is 3. The highest BCUT2D eigenvalue weighted by Crippen LogP contribution is 2.38. The number of pyridine rings is 1. The van der Waals surface area contributed by atoms with Crippen LogP contribution in [0, 0.1) is 0 Å². The van der Waals surface area contributed by atoms with E-state index in [0.717, 1.165) is 6.20 Å². The summed E-state index contributed by atoms with van der Waals surface area (Å²) < 4.78 is 110. The number of nitrogens with zero attached hydrogens (tertiary/aromatic N) is 4. The summed E-state index contributed by atoms with van der Waals surface area (Å²) in [5.41, 5.74) is -5.62. The van der Waals surface area contributed by atoms with Gasteiger partial charge in [0.05, 0.1) is 54.4 Å². The van der Waals surface area contributed by atoms with Crippen molar-refractivity contribution in [2.45, 2.75) is 49.1 Å². The summed E-state index contributed by atoms with van der Waals surface area (Å²) in [5, 5.41) is 7.73. The molecule has 4 heterocycles. The van der Waals surface area contributed by atoms with Gasteiger partial charge in [-0.2, -0.15) is 31.4 Å². The molecule has 1 atom stereocenters. The number of rotatable bonds is 7. The van der Waals surface area contributed by atoms with E-state index in [-0.39, 0.29) is 51.0 Å². The number of H-pyrrole nitrogens is 1. The molecule has 0 aromatic carbocycles. The summed E-state index contributed by atoms with van der Waals surface area (Å²) in [6, 6.07) is -0.126. The summed E-state index contributed by atoms with van der Waals surface area (Å²) in [5.74, 6) is -0.930. The third-order valence-electron chi connectivity index (χ3n) is 6.55. The van der Waals surface area contributed by atoms with Gasteiger partial charge in [-0.1, -0.05) is 0 Å². The molecule has 1 saturated heterocycles. The second kappa shape index (κ2) is 10.8. The number of carbonyl (C=O) groups excluding carboxylic acids is 1. The summed E-state index contributed by atoms with van der Waals surface area (Å²) in [6.45, 7) is 3.15. The van der Waals surface area contributed by atoms with E-state index in [9.17, 15) is 44.3 Å². The van der Waals surface area contributed by atoms with E-state index in [4.69, 9.17) is 4.74 Å². The molecule has 2 aliphatic heterocycles. The van der Waals surface area contributed by atoms with E-state index in [1.54, 1.807) is 10.00 Å². The second-order valence-corrected chi connectivity index (χ2v) is 12.3. The minimum atomic E-state index is -4.92. The van der Waals surface area contributed by atoms with Crippen molar-refractivity contribution in [3.05, 3.63) is 39.9 Å². The number of amides is 1. The number of nitrogens with one attached hydrogen (secondary N) is 2. The van der Waals surface area contributed by atoms with Crippen LogP contribution in [0.25, 0.3) is 0 Å². The van der Waals surface area contributed by atoms with E-state index in [1.165, 1.54) is 18.7 Å². The van der Waals surface area contributed by atoms with Gasteiger partial charge in [-0.3, -0.25) is 9.59 Å². The number of hydrogen-bond acceptors (Lipinski definition) is 9. The Balaban J connectivity index is 1.33. The molecule has 1 amide bonds. The normalized spacial score (nSPS) is 19.0. The first-order valence-corrected chi connectivity index (χ1v) is 13.9. The van der Waals surface area contributed by atoms with Crippen LogP contribution >= 0.6 is 0 Å². The van der Waals surface area contributed by atoms with Crippen LogP contribution in [-0.4, -0.2) is 84.6 Å². The molecule has 0 bridgehead atoms. The maximum absolute atomic E-state index is 13.3. The van der Waals surface area contributed by atoms with Crippen LogP contribution in [-0.2, 0) is 31.7 Å². The Morgan fingerprint density at radius 1 is 1.15 bits per heavy atom. The van der Waals surface area contributed by atoms with Crippen molar-refractivity contribution >= 4 is 27.2 Å². The zero-order valence-corrected chi connectivity index (χ0v) is 22.6. The minimum Gasteiger partial charge on any atom is -0.379 e. The molecule has 2 N–H and O–H groups in total. The Labute approximate surface area is 229 Å². The van der Waals surface area contributed by atoms with Crippen LogP contribution in [0.4, 0.5) is 37.8 Å². The Kier molecular flexibility index (Phi) is 8.03. The summed E-state index contributed by atoms with van der Waals surface area (Å²) in [6.07, 6.45) is -8.37. The molecular weight excluding hydrogens is 586 g/mol. The lowest BCUT2D eigenvalue weighted by Crippen LogP contribution is -2.59. The average molecular weight is 613 g/mol. The molecule has 0 aliphatic carbocycles. The van der Waals surface area contributed by atoms with E-state index in [1.807, 2.05) is 0 Å². The minimum absolute atomic E-state index is 0.00300. The predicted molar refractivity (Wildman–Crippen MR) is 132 cm³/mol. The first kappa shape index (κ1) is 30.5. The quantitative estimate of drug-likeness (QED) is 0.357. The molecular formula is C23H26F6N6O5S. The molecule has 18 heteroatoms. The molecule has 1 unspecified atom stereocenters. The topological polar surface area (TPSA) is 138 Å². The van der Waals surface area contributed by atoms with Crippen LogP contribution in [0.5, 0.6) is 0 Å². The number of aromatic amines is 1. The number of carbonyl (C=O) groups is 1. The number of anilines is 2. The van der Waals surface area contributed by atoms with Gasteiger partial charge in [0.15, 0.2) is 9.84 Å². The fraction of sp³-hybridized carbons (Fsp3) is 0.565. The van der Waals surface area contributed by atoms with Gasteiger partial charge in [0.25, 0.3) is 5.56 Å². The summed E-state index contributed by atoms with van der Waals surface area (Å²) >= 11 is 0. The van der Waals surface area contributed by atoms with Crippen molar-refractivity contribution in [1.82, 2.24) is 20.1 Å². The number of alkyl halides is 6. The van der Waals surface area contributed by atoms with E-state index in [2.05, 4.69) is 15.4 Å². The Hall–Kier alpha value is -3.41. The number of piperazine rings is 1. The third-order valence-corrected chi connectivity index (χ3v) is 8.34. The maximum atomic E-state index is 13.3. The van der Waals surface area contributed by atoms with Crippen molar-refractivity contribution in [3.63, 3.8) is 0 Å². The van der Waals surface area contributed by atoms with Crippen LogP contribution in [0.1, 0.15) is 31.4 Å². The standard InChI is InChI=1S/C23H26F6N6O5S/c1-21(2,32-15-9-31-33-20(37)18(15)23(27,28)29)12-40-6-3-17(36)34-4-5-35-14(10-34)11-41(38,39)16-7-13(22(24,25)26)8-30-19(16)35/h7-9,14H,3-6,10-12H2,1-2H3,(H2,32,33,37). The van der Waals surface area contributed by atoms with Gasteiger partial charge in [-0.25, -0.2) is 18.5 Å². The molecule has 2 aliphatic rings. The lowest BCUT2D eigenvalue weighted by Gasteiger charge is -2.44. The number of halogens is 6. The number of aromatic nitrogens is 3. The molecule has 0 saturated carbocycles. The van der Waals surface area contributed by atoms with Gasteiger partial charge in [-0.05, 0) is 19.9 Å². The first-order chi connectivity index (χ1) is 18.9. The van der Waals surface area contributed by atoms with Gasteiger partial charge >= 0.3 is 12.4 Å². The van der Waals surface area contributed by atoms with Gasteiger partial charge < -0.3 is 19.9 Å². The highest BCUT2D eigenvalue weighted by Gasteiger charge is 2.43. The molecule has 226 valence electrons. The third kappa shape index (κ3) is 6.74. The van der Waals surface area contributed by atoms with Crippen LogP contribution in [0.3, 0.4) is 0 Å². The molecule has 2 aromatic heterocycles. The van der Waals surface area contributed by atoms with Crippen molar-refractivity contribution in [3.8, 4) is 0 Å². The van der Waals surface area contributed by atoms with Crippen molar-refractivity contribution in [1.29, 1.82) is 0 Å². The van der Waals surface area contributed by atoms with Gasteiger partial charge in [-0.15, -0.1) is 0 Å². The predicted octanol–water partition coefficient (Wildman–Crippen LogP) is 2.30. The molecule has 1 fully saturated rings. The Morgan fingerprint density at radius 3 is 2.51 bits per heavy atom. The van der Waals surface area contributed by atoms with Crippen molar-refractivity contribution in [2.75, 3.05) is 48.8 Å². The zero-order valence-electron chi connectivity index (χ0n) is 21.8. The van der Waals surface area contributed by atoms with Gasteiger partial charge in [0, 0.05) is 25.8 Å². The molecule has 4 rings (SSSR count).